The molecule has 1 unspecified atom stereocenters. The van der Waals surface area contributed by atoms with Gasteiger partial charge in [0.15, 0.2) is 0 Å². The number of nitrogens with one attached hydrogen (secondary N) is 1. The van der Waals surface area contributed by atoms with Crippen molar-refractivity contribution < 1.29 is 4.74 Å². The fourth-order valence-electron chi connectivity index (χ4n) is 1.17. The Bertz CT molecular complexity index is 240. The average molecular weight is 195 g/mol. The van der Waals surface area contributed by atoms with Crippen LogP contribution < -0.4 is 11.3 Å². The summed E-state index contributed by atoms with van der Waals surface area (Å²) in [5, 5.41) is 0. The molecule has 4 nitrogen and oxygen atoms in total. The van der Waals surface area contributed by atoms with Crippen molar-refractivity contribution >= 4 is 0 Å². The molecule has 0 amide bonds. The van der Waals surface area contributed by atoms with Gasteiger partial charge in [-0.15, -0.1) is 0 Å². The van der Waals surface area contributed by atoms with E-state index in [0.717, 1.165) is 18.6 Å². The first-order valence-electron chi connectivity index (χ1n) is 4.82. The molecule has 0 saturated heterocycles. The number of pyridine rings is 1. The fourth-order valence-corrected chi connectivity index (χ4v) is 1.17. The van der Waals surface area contributed by atoms with Crippen molar-refractivity contribution in [3.8, 4) is 0 Å². The lowest BCUT2D eigenvalue weighted by Crippen LogP contribution is -2.31. The van der Waals surface area contributed by atoms with E-state index in [-0.39, 0.29) is 6.04 Å². The summed E-state index contributed by atoms with van der Waals surface area (Å²) >= 11 is 0. The molecule has 0 aromatic carbocycles. The van der Waals surface area contributed by atoms with E-state index in [4.69, 9.17) is 10.6 Å². The van der Waals surface area contributed by atoms with Crippen molar-refractivity contribution in [2.24, 2.45) is 5.84 Å². The van der Waals surface area contributed by atoms with E-state index in [9.17, 15) is 0 Å². The molecule has 0 aliphatic heterocycles. The van der Waals surface area contributed by atoms with Gasteiger partial charge in [-0.1, -0.05) is 13.0 Å². The summed E-state index contributed by atoms with van der Waals surface area (Å²) in [6.45, 7) is 3.42. The maximum absolute atomic E-state index is 5.43. The predicted octanol–water partition coefficient (Wildman–Crippen LogP) is 1.01. The predicted molar refractivity (Wildman–Crippen MR) is 55.4 cm³/mol. The summed E-state index contributed by atoms with van der Waals surface area (Å²) in [5.41, 5.74) is 3.76. The molecular formula is C10H17N3O. The lowest BCUT2D eigenvalue weighted by atomic mass is 10.1. The summed E-state index contributed by atoms with van der Waals surface area (Å²) in [6, 6.07) is 3.89. The highest BCUT2D eigenvalue weighted by Crippen LogP contribution is 2.10. The maximum Gasteiger partial charge on any atom is 0.0708 e. The highest BCUT2D eigenvalue weighted by Gasteiger charge is 2.08. The van der Waals surface area contributed by atoms with Crippen LogP contribution in [0.15, 0.2) is 24.5 Å². The van der Waals surface area contributed by atoms with Crippen LogP contribution >= 0.6 is 0 Å². The molecule has 0 spiro atoms. The Labute approximate surface area is 84.4 Å². The van der Waals surface area contributed by atoms with Crippen LogP contribution in [0.2, 0.25) is 0 Å². The van der Waals surface area contributed by atoms with Gasteiger partial charge in [-0.2, -0.15) is 0 Å². The van der Waals surface area contributed by atoms with Gasteiger partial charge in [0.05, 0.1) is 12.6 Å². The SMILES string of the molecule is CCCOCC(NN)c1cccnc1. The van der Waals surface area contributed by atoms with E-state index in [0.29, 0.717) is 6.61 Å². The van der Waals surface area contributed by atoms with Crippen LogP contribution in [0.3, 0.4) is 0 Å². The van der Waals surface area contributed by atoms with E-state index < -0.39 is 0 Å². The zero-order valence-electron chi connectivity index (χ0n) is 8.44. The van der Waals surface area contributed by atoms with Crippen LogP contribution in [0.25, 0.3) is 0 Å². The zero-order valence-corrected chi connectivity index (χ0v) is 8.44. The number of nitrogens with two attached hydrogens (primary N) is 1. The topological polar surface area (TPSA) is 60.2 Å². The number of rotatable bonds is 6. The quantitative estimate of drug-likeness (QED) is 0.404. The molecule has 0 saturated carbocycles. The lowest BCUT2D eigenvalue weighted by Gasteiger charge is -2.15. The maximum atomic E-state index is 5.43. The first-order valence-corrected chi connectivity index (χ1v) is 4.82. The molecule has 0 bridgehead atoms. The molecule has 1 rings (SSSR count). The lowest BCUT2D eigenvalue weighted by molar-refractivity contribution is 0.112. The number of nitrogens with zero attached hydrogens (tertiary/aromatic N) is 1. The number of hydrogen-bond acceptors (Lipinski definition) is 4. The fraction of sp³-hybridized carbons (Fsp3) is 0.500. The Morgan fingerprint density at radius 1 is 1.64 bits per heavy atom. The van der Waals surface area contributed by atoms with Crippen molar-refractivity contribution in [2.45, 2.75) is 19.4 Å². The third kappa shape index (κ3) is 3.41. The normalized spacial score (nSPS) is 12.7. The van der Waals surface area contributed by atoms with Gasteiger partial charge in [0, 0.05) is 19.0 Å². The van der Waals surface area contributed by atoms with Crippen LogP contribution in [-0.4, -0.2) is 18.2 Å². The van der Waals surface area contributed by atoms with Crippen LogP contribution in [0.4, 0.5) is 0 Å². The van der Waals surface area contributed by atoms with Crippen molar-refractivity contribution in [1.29, 1.82) is 0 Å². The molecule has 0 fully saturated rings. The Morgan fingerprint density at radius 2 is 2.50 bits per heavy atom. The summed E-state index contributed by atoms with van der Waals surface area (Å²) in [6.07, 6.45) is 4.55. The molecule has 1 aromatic heterocycles. The molecule has 78 valence electrons. The van der Waals surface area contributed by atoms with Crippen molar-refractivity contribution in [3.63, 3.8) is 0 Å². The van der Waals surface area contributed by atoms with Crippen LogP contribution in [0.1, 0.15) is 24.9 Å². The second kappa shape index (κ2) is 6.48. The van der Waals surface area contributed by atoms with Crippen molar-refractivity contribution in [2.75, 3.05) is 13.2 Å². The van der Waals surface area contributed by atoms with Gasteiger partial charge in [0.2, 0.25) is 0 Å². The Kier molecular flexibility index (Phi) is 5.14. The molecule has 0 radical (unpaired) electrons. The van der Waals surface area contributed by atoms with Crippen LogP contribution in [0, 0.1) is 0 Å². The first-order chi connectivity index (χ1) is 6.88. The van der Waals surface area contributed by atoms with E-state index >= 15 is 0 Å². The molecule has 1 aromatic rings. The Balaban J connectivity index is 2.46. The zero-order chi connectivity index (χ0) is 10.2. The van der Waals surface area contributed by atoms with Gasteiger partial charge in [-0.25, -0.2) is 0 Å². The Hall–Kier alpha value is -0.970. The van der Waals surface area contributed by atoms with Gasteiger partial charge < -0.3 is 4.74 Å². The van der Waals surface area contributed by atoms with E-state index in [1.54, 1.807) is 12.4 Å². The number of ether oxygens (including phenoxy) is 1. The smallest absolute Gasteiger partial charge is 0.0708 e. The first kappa shape index (κ1) is 11.1. The number of hydrogen-bond donors (Lipinski definition) is 2. The number of aromatic nitrogens is 1. The van der Waals surface area contributed by atoms with Gasteiger partial charge in [-0.3, -0.25) is 16.3 Å². The summed E-state index contributed by atoms with van der Waals surface area (Å²) < 4.78 is 5.42. The van der Waals surface area contributed by atoms with E-state index in [1.807, 2.05) is 12.1 Å². The molecule has 3 N–H and O–H groups in total. The van der Waals surface area contributed by atoms with Gasteiger partial charge in [0.25, 0.3) is 0 Å². The second-order valence-electron chi connectivity index (χ2n) is 3.08. The van der Waals surface area contributed by atoms with Crippen molar-refractivity contribution in [3.05, 3.63) is 30.1 Å². The molecule has 0 aliphatic carbocycles. The van der Waals surface area contributed by atoms with E-state index in [1.165, 1.54) is 0 Å². The van der Waals surface area contributed by atoms with Crippen molar-refractivity contribution in [1.82, 2.24) is 10.4 Å². The second-order valence-corrected chi connectivity index (χ2v) is 3.08. The summed E-state index contributed by atoms with van der Waals surface area (Å²) in [4.78, 5) is 4.03. The van der Waals surface area contributed by atoms with E-state index in [2.05, 4.69) is 17.3 Å². The van der Waals surface area contributed by atoms with Gasteiger partial charge in [-0.05, 0) is 18.1 Å². The summed E-state index contributed by atoms with van der Waals surface area (Å²) in [5.74, 6) is 5.43. The minimum atomic E-state index is 0.0234. The monoisotopic (exact) mass is 195 g/mol. The standard InChI is InChI=1S/C10H17N3O/c1-2-6-14-8-10(13-11)9-4-3-5-12-7-9/h3-5,7,10,13H,2,6,8,11H2,1H3. The average Bonchev–Trinajstić information content (AvgIpc) is 2.26. The third-order valence-corrected chi connectivity index (χ3v) is 1.92. The largest absolute Gasteiger partial charge is 0.379 e. The summed E-state index contributed by atoms with van der Waals surface area (Å²) in [7, 11) is 0. The number of hydrazine groups is 1. The molecule has 14 heavy (non-hydrogen) atoms. The Morgan fingerprint density at radius 3 is 3.07 bits per heavy atom. The molecular weight excluding hydrogens is 178 g/mol. The molecule has 1 atom stereocenters. The highest BCUT2D eigenvalue weighted by molar-refractivity contribution is 5.13. The van der Waals surface area contributed by atoms with Gasteiger partial charge in [0.1, 0.15) is 0 Å². The van der Waals surface area contributed by atoms with Crippen LogP contribution in [0.5, 0.6) is 0 Å². The third-order valence-electron chi connectivity index (χ3n) is 1.92. The molecule has 1 heterocycles. The highest BCUT2D eigenvalue weighted by atomic mass is 16.5. The molecule has 0 aliphatic rings. The van der Waals surface area contributed by atoms with Gasteiger partial charge >= 0.3 is 0 Å². The minimum Gasteiger partial charge on any atom is -0.379 e. The molecule has 4 heteroatoms. The van der Waals surface area contributed by atoms with Crippen LogP contribution in [-0.2, 0) is 4.74 Å². The minimum absolute atomic E-state index is 0.0234.